The Morgan fingerprint density at radius 2 is 2.18 bits per heavy atom. The summed E-state index contributed by atoms with van der Waals surface area (Å²) in [6, 6.07) is 6.97. The predicted octanol–water partition coefficient (Wildman–Crippen LogP) is 2.90. The SMILES string of the molecule is Cc1cccc2[nH]c(CNC3CCCC3)nc12. The zero-order chi connectivity index (χ0) is 11.7. The highest BCUT2D eigenvalue weighted by atomic mass is 15.0. The largest absolute Gasteiger partial charge is 0.341 e. The fourth-order valence-corrected chi connectivity index (χ4v) is 2.68. The van der Waals surface area contributed by atoms with E-state index in [0.717, 1.165) is 23.4 Å². The molecule has 0 saturated heterocycles. The smallest absolute Gasteiger partial charge is 0.121 e. The van der Waals surface area contributed by atoms with E-state index < -0.39 is 0 Å². The minimum atomic E-state index is 0.698. The van der Waals surface area contributed by atoms with Gasteiger partial charge in [-0.1, -0.05) is 25.0 Å². The van der Waals surface area contributed by atoms with Crippen molar-refractivity contribution in [2.24, 2.45) is 0 Å². The van der Waals surface area contributed by atoms with E-state index in [9.17, 15) is 0 Å². The van der Waals surface area contributed by atoms with Gasteiger partial charge < -0.3 is 10.3 Å². The van der Waals surface area contributed by atoms with E-state index in [0.29, 0.717) is 6.04 Å². The first kappa shape index (κ1) is 10.8. The van der Waals surface area contributed by atoms with Gasteiger partial charge in [-0.25, -0.2) is 4.98 Å². The molecule has 0 atom stereocenters. The van der Waals surface area contributed by atoms with Crippen molar-refractivity contribution in [3.05, 3.63) is 29.6 Å². The van der Waals surface area contributed by atoms with Gasteiger partial charge in [0.1, 0.15) is 5.82 Å². The molecule has 0 radical (unpaired) electrons. The van der Waals surface area contributed by atoms with Crippen LogP contribution in [0.15, 0.2) is 18.2 Å². The molecule has 1 saturated carbocycles. The normalized spacial score (nSPS) is 17.0. The van der Waals surface area contributed by atoms with E-state index in [1.807, 2.05) is 0 Å². The number of benzene rings is 1. The second kappa shape index (κ2) is 4.49. The molecule has 0 aliphatic heterocycles. The minimum absolute atomic E-state index is 0.698. The third kappa shape index (κ3) is 2.20. The van der Waals surface area contributed by atoms with Crippen LogP contribution in [0.25, 0.3) is 11.0 Å². The Bertz CT molecular complexity index is 509. The first-order chi connectivity index (χ1) is 8.33. The van der Waals surface area contributed by atoms with E-state index in [1.165, 1.54) is 31.2 Å². The van der Waals surface area contributed by atoms with Gasteiger partial charge in [-0.15, -0.1) is 0 Å². The number of aromatic amines is 1. The summed E-state index contributed by atoms with van der Waals surface area (Å²) >= 11 is 0. The average molecular weight is 229 g/mol. The Morgan fingerprint density at radius 1 is 1.35 bits per heavy atom. The second-order valence-electron chi connectivity index (χ2n) is 5.02. The number of aromatic nitrogens is 2. The van der Waals surface area contributed by atoms with Crippen LogP contribution in [-0.2, 0) is 6.54 Å². The number of aryl methyl sites for hydroxylation is 1. The Hall–Kier alpha value is -1.35. The lowest BCUT2D eigenvalue weighted by atomic mass is 10.2. The molecule has 2 aromatic rings. The number of H-pyrrole nitrogens is 1. The van der Waals surface area contributed by atoms with Gasteiger partial charge in [-0.3, -0.25) is 0 Å². The van der Waals surface area contributed by atoms with E-state index in [-0.39, 0.29) is 0 Å². The van der Waals surface area contributed by atoms with Crippen LogP contribution >= 0.6 is 0 Å². The minimum Gasteiger partial charge on any atom is -0.341 e. The summed E-state index contributed by atoms with van der Waals surface area (Å²) in [6.45, 7) is 2.97. The van der Waals surface area contributed by atoms with Gasteiger partial charge in [0, 0.05) is 6.04 Å². The fourth-order valence-electron chi connectivity index (χ4n) is 2.68. The van der Waals surface area contributed by atoms with Crippen LogP contribution < -0.4 is 5.32 Å². The van der Waals surface area contributed by atoms with E-state index in [4.69, 9.17) is 0 Å². The van der Waals surface area contributed by atoms with E-state index in [2.05, 4.69) is 40.4 Å². The lowest BCUT2D eigenvalue weighted by Crippen LogP contribution is -2.25. The van der Waals surface area contributed by atoms with Crippen molar-refractivity contribution in [3.8, 4) is 0 Å². The molecular weight excluding hydrogens is 210 g/mol. The molecule has 2 N–H and O–H groups in total. The zero-order valence-corrected chi connectivity index (χ0v) is 10.3. The number of rotatable bonds is 3. The van der Waals surface area contributed by atoms with Crippen LogP contribution in [0.2, 0.25) is 0 Å². The molecule has 0 bridgehead atoms. The molecule has 1 aromatic heterocycles. The van der Waals surface area contributed by atoms with Gasteiger partial charge in [0.05, 0.1) is 17.6 Å². The number of hydrogen-bond acceptors (Lipinski definition) is 2. The topological polar surface area (TPSA) is 40.7 Å². The number of hydrogen-bond donors (Lipinski definition) is 2. The van der Waals surface area contributed by atoms with Gasteiger partial charge in [0.15, 0.2) is 0 Å². The van der Waals surface area contributed by atoms with Gasteiger partial charge in [-0.2, -0.15) is 0 Å². The van der Waals surface area contributed by atoms with Crippen molar-refractivity contribution in [2.75, 3.05) is 0 Å². The average Bonchev–Trinajstić information content (AvgIpc) is 2.95. The van der Waals surface area contributed by atoms with Crippen molar-refractivity contribution in [3.63, 3.8) is 0 Å². The second-order valence-corrected chi connectivity index (χ2v) is 5.02. The van der Waals surface area contributed by atoms with Crippen LogP contribution in [0.4, 0.5) is 0 Å². The Kier molecular flexibility index (Phi) is 2.85. The van der Waals surface area contributed by atoms with Crippen LogP contribution in [-0.4, -0.2) is 16.0 Å². The molecular formula is C14H19N3. The van der Waals surface area contributed by atoms with Gasteiger partial charge >= 0.3 is 0 Å². The van der Waals surface area contributed by atoms with Gasteiger partial charge in [-0.05, 0) is 31.4 Å². The predicted molar refractivity (Wildman–Crippen MR) is 69.9 cm³/mol. The number of imidazole rings is 1. The van der Waals surface area contributed by atoms with Crippen LogP contribution in [0.5, 0.6) is 0 Å². The number of nitrogens with one attached hydrogen (secondary N) is 2. The Morgan fingerprint density at radius 3 is 2.94 bits per heavy atom. The van der Waals surface area contributed by atoms with Crippen molar-refractivity contribution < 1.29 is 0 Å². The van der Waals surface area contributed by atoms with Crippen LogP contribution in [0, 0.1) is 6.92 Å². The van der Waals surface area contributed by atoms with E-state index in [1.54, 1.807) is 0 Å². The van der Waals surface area contributed by atoms with Crippen molar-refractivity contribution >= 4 is 11.0 Å². The number of fused-ring (bicyclic) bond motifs is 1. The molecule has 3 rings (SSSR count). The summed E-state index contributed by atoms with van der Waals surface area (Å²) in [6.07, 6.45) is 5.38. The molecule has 0 unspecified atom stereocenters. The maximum atomic E-state index is 4.66. The standard InChI is InChI=1S/C14H19N3/c1-10-5-4-8-12-14(10)17-13(16-12)9-15-11-6-2-3-7-11/h4-5,8,11,15H,2-3,6-7,9H2,1H3,(H,16,17). The van der Waals surface area contributed by atoms with Crippen molar-refractivity contribution in [2.45, 2.75) is 45.2 Å². The highest BCUT2D eigenvalue weighted by Gasteiger charge is 2.14. The highest BCUT2D eigenvalue weighted by Crippen LogP contribution is 2.19. The molecule has 0 spiro atoms. The summed E-state index contributed by atoms with van der Waals surface area (Å²) in [7, 11) is 0. The third-order valence-electron chi connectivity index (χ3n) is 3.68. The summed E-state index contributed by atoms with van der Waals surface area (Å²) in [5, 5.41) is 3.58. The molecule has 1 aliphatic rings. The maximum Gasteiger partial charge on any atom is 0.121 e. The molecule has 3 heteroatoms. The van der Waals surface area contributed by atoms with Crippen molar-refractivity contribution in [1.29, 1.82) is 0 Å². The van der Waals surface area contributed by atoms with Gasteiger partial charge in [0.2, 0.25) is 0 Å². The molecule has 1 aromatic carbocycles. The lowest BCUT2D eigenvalue weighted by molar-refractivity contribution is 0.516. The summed E-state index contributed by atoms with van der Waals surface area (Å²) < 4.78 is 0. The molecule has 1 fully saturated rings. The fraction of sp³-hybridized carbons (Fsp3) is 0.500. The molecule has 1 heterocycles. The highest BCUT2D eigenvalue weighted by molar-refractivity contribution is 5.78. The first-order valence-electron chi connectivity index (χ1n) is 6.50. The summed E-state index contributed by atoms with van der Waals surface area (Å²) in [5.74, 6) is 1.06. The molecule has 3 nitrogen and oxygen atoms in total. The monoisotopic (exact) mass is 229 g/mol. The van der Waals surface area contributed by atoms with Gasteiger partial charge in [0.25, 0.3) is 0 Å². The third-order valence-corrected chi connectivity index (χ3v) is 3.68. The van der Waals surface area contributed by atoms with Crippen LogP contribution in [0.1, 0.15) is 37.1 Å². The van der Waals surface area contributed by atoms with Crippen LogP contribution in [0.3, 0.4) is 0 Å². The molecule has 0 amide bonds. The van der Waals surface area contributed by atoms with Crippen molar-refractivity contribution in [1.82, 2.24) is 15.3 Å². The number of nitrogens with zero attached hydrogens (tertiary/aromatic N) is 1. The molecule has 1 aliphatic carbocycles. The van der Waals surface area contributed by atoms with E-state index >= 15 is 0 Å². The molecule has 17 heavy (non-hydrogen) atoms. The Labute approximate surface area is 102 Å². The maximum absolute atomic E-state index is 4.66. The first-order valence-corrected chi connectivity index (χ1v) is 6.50. The Balaban J connectivity index is 1.74. The lowest BCUT2D eigenvalue weighted by Gasteiger charge is -2.09. The molecule has 90 valence electrons. The summed E-state index contributed by atoms with van der Waals surface area (Å²) in [4.78, 5) is 8.04. The summed E-state index contributed by atoms with van der Waals surface area (Å²) in [5.41, 5.74) is 3.50. The quantitative estimate of drug-likeness (QED) is 0.849. The zero-order valence-electron chi connectivity index (χ0n) is 10.3. The number of para-hydroxylation sites is 1.